The molecule has 0 aromatic carbocycles. The van der Waals surface area contributed by atoms with Crippen molar-refractivity contribution in [1.82, 2.24) is 15.2 Å². The number of aromatic nitrogens is 1. The molecule has 2 amide bonds. The van der Waals surface area contributed by atoms with E-state index in [4.69, 9.17) is 33.5 Å². The third-order valence-electron chi connectivity index (χ3n) is 4.03. The molecule has 9 nitrogen and oxygen atoms in total. The average molecular weight is 417 g/mol. The monoisotopic (exact) mass is 416 g/mol. The fourth-order valence-electron chi connectivity index (χ4n) is 2.74. The van der Waals surface area contributed by atoms with Crippen molar-refractivity contribution in [3.05, 3.63) is 31.9 Å². The minimum Gasteiger partial charge on any atom is -0.444 e. The van der Waals surface area contributed by atoms with Crippen LogP contribution in [0, 0.1) is 6.92 Å². The second kappa shape index (κ2) is 8.29. The lowest BCUT2D eigenvalue weighted by atomic mass is 10.00. The van der Waals surface area contributed by atoms with Crippen LogP contribution in [0.1, 0.15) is 43.4 Å². The molecule has 2 heterocycles. The molecule has 148 valence electrons. The molecule has 0 radical (unpaired) electrons. The van der Waals surface area contributed by atoms with Gasteiger partial charge in [-0.25, -0.2) is 4.79 Å². The molecule has 11 heteroatoms. The molecule has 0 bridgehead atoms. The number of rotatable bonds is 3. The zero-order chi connectivity index (χ0) is 20.4. The van der Waals surface area contributed by atoms with E-state index in [9.17, 15) is 9.59 Å². The highest BCUT2D eigenvalue weighted by Gasteiger charge is 2.34. The maximum Gasteiger partial charge on any atom is 0.410 e. The van der Waals surface area contributed by atoms with E-state index in [2.05, 4.69) is 20.3 Å². The number of azide groups is 1. The number of nitrogens with one attached hydrogen (secondary N) is 2. The molecule has 0 saturated carbocycles. The summed E-state index contributed by atoms with van der Waals surface area (Å²) in [5, 5.41) is 6.96. The third kappa shape index (κ3) is 5.22. The highest BCUT2D eigenvalue weighted by molar-refractivity contribution is 6.44. The third-order valence-corrected chi connectivity index (χ3v) is 4.98. The fourth-order valence-corrected chi connectivity index (χ4v) is 3.16. The molecule has 0 aliphatic carbocycles. The lowest BCUT2D eigenvalue weighted by Crippen LogP contribution is -2.55. The molecule has 1 aliphatic heterocycles. The number of hydrogen-bond acceptors (Lipinski definition) is 4. The highest BCUT2D eigenvalue weighted by atomic mass is 35.5. The standard InChI is InChI=1S/C16H22Cl2N6O3/c1-8-11(17)12(18)13(20-8)14(25)21-9-5-6-24(7-10(9)22-23-19)15(26)27-16(2,3)4/h9-10,20H,5-7H2,1-4H3,(H,21,25)/t9-,10+/m1/s1. The van der Waals surface area contributed by atoms with Crippen molar-refractivity contribution in [1.29, 1.82) is 0 Å². The van der Waals surface area contributed by atoms with E-state index < -0.39 is 29.7 Å². The number of aromatic amines is 1. The molecule has 1 saturated heterocycles. The van der Waals surface area contributed by atoms with Crippen LogP contribution in [0.4, 0.5) is 4.79 Å². The Kier molecular flexibility index (Phi) is 6.51. The number of ether oxygens (including phenoxy) is 1. The van der Waals surface area contributed by atoms with Crippen LogP contribution < -0.4 is 5.32 Å². The summed E-state index contributed by atoms with van der Waals surface area (Å²) in [6.07, 6.45) is -0.0834. The number of H-pyrrole nitrogens is 1. The molecule has 0 unspecified atom stereocenters. The highest BCUT2D eigenvalue weighted by Crippen LogP contribution is 2.29. The first-order valence-electron chi connectivity index (χ1n) is 8.40. The average Bonchev–Trinajstić information content (AvgIpc) is 2.82. The van der Waals surface area contributed by atoms with E-state index in [1.54, 1.807) is 27.7 Å². The first kappa shape index (κ1) is 21.2. The predicted octanol–water partition coefficient (Wildman–Crippen LogP) is 4.05. The molecule has 1 aromatic rings. The summed E-state index contributed by atoms with van der Waals surface area (Å²) in [5.41, 5.74) is 8.95. The Morgan fingerprint density at radius 3 is 2.56 bits per heavy atom. The van der Waals surface area contributed by atoms with E-state index >= 15 is 0 Å². The van der Waals surface area contributed by atoms with Crippen molar-refractivity contribution >= 4 is 35.2 Å². The van der Waals surface area contributed by atoms with Gasteiger partial charge in [0.05, 0.1) is 16.1 Å². The maximum absolute atomic E-state index is 12.5. The number of piperidine rings is 1. The van der Waals surface area contributed by atoms with Crippen LogP contribution in [0.2, 0.25) is 10.0 Å². The van der Waals surface area contributed by atoms with E-state index in [0.29, 0.717) is 18.7 Å². The van der Waals surface area contributed by atoms with Gasteiger partial charge in [0.2, 0.25) is 0 Å². The summed E-state index contributed by atoms with van der Waals surface area (Å²) in [6.45, 7) is 7.52. The number of amides is 2. The zero-order valence-electron chi connectivity index (χ0n) is 15.5. The van der Waals surface area contributed by atoms with Gasteiger partial charge in [-0.1, -0.05) is 28.3 Å². The number of aryl methyl sites for hydroxylation is 1. The van der Waals surface area contributed by atoms with Crippen LogP contribution in [-0.2, 0) is 4.74 Å². The molecule has 27 heavy (non-hydrogen) atoms. The van der Waals surface area contributed by atoms with Gasteiger partial charge >= 0.3 is 6.09 Å². The number of halogens is 2. The molecule has 1 fully saturated rings. The summed E-state index contributed by atoms with van der Waals surface area (Å²) in [7, 11) is 0. The van der Waals surface area contributed by atoms with E-state index in [-0.39, 0.29) is 22.3 Å². The van der Waals surface area contributed by atoms with Gasteiger partial charge in [0.15, 0.2) is 0 Å². The first-order chi connectivity index (χ1) is 12.5. The van der Waals surface area contributed by atoms with E-state index in [1.807, 2.05) is 0 Å². The fraction of sp³-hybridized carbons (Fsp3) is 0.625. The topological polar surface area (TPSA) is 123 Å². The summed E-state index contributed by atoms with van der Waals surface area (Å²) >= 11 is 12.1. The van der Waals surface area contributed by atoms with Crippen LogP contribution in [0.15, 0.2) is 5.11 Å². The molecule has 0 spiro atoms. The molecule has 1 aliphatic rings. The van der Waals surface area contributed by atoms with Gasteiger partial charge in [-0.05, 0) is 39.6 Å². The Labute approximate surface area is 167 Å². The predicted molar refractivity (Wildman–Crippen MR) is 102 cm³/mol. The summed E-state index contributed by atoms with van der Waals surface area (Å²) < 4.78 is 5.35. The SMILES string of the molecule is Cc1[nH]c(C(=O)N[C@@H]2CCN(C(=O)OC(C)(C)C)C[C@@H]2N=[N+]=[N-])c(Cl)c1Cl. The van der Waals surface area contributed by atoms with Gasteiger partial charge in [-0.15, -0.1) is 0 Å². The lowest BCUT2D eigenvalue weighted by molar-refractivity contribution is 0.0180. The molecular formula is C16H22Cl2N6O3. The summed E-state index contributed by atoms with van der Waals surface area (Å²) in [4.78, 5) is 31.9. The number of carbonyl (C=O) groups is 2. The van der Waals surface area contributed by atoms with Crippen LogP contribution >= 0.6 is 23.2 Å². The largest absolute Gasteiger partial charge is 0.444 e. The van der Waals surface area contributed by atoms with E-state index in [0.717, 1.165) is 0 Å². The zero-order valence-corrected chi connectivity index (χ0v) is 17.1. The van der Waals surface area contributed by atoms with Crippen molar-refractivity contribution in [2.45, 2.75) is 51.8 Å². The van der Waals surface area contributed by atoms with Crippen LogP contribution in [0.25, 0.3) is 10.4 Å². The molecule has 2 atom stereocenters. The minimum atomic E-state index is -0.634. The molecule has 2 rings (SSSR count). The van der Waals surface area contributed by atoms with Crippen molar-refractivity contribution < 1.29 is 14.3 Å². The van der Waals surface area contributed by atoms with Gasteiger partial charge in [0, 0.05) is 29.7 Å². The van der Waals surface area contributed by atoms with Gasteiger partial charge in [0.1, 0.15) is 11.3 Å². The van der Waals surface area contributed by atoms with Crippen molar-refractivity contribution in [2.75, 3.05) is 13.1 Å². The van der Waals surface area contributed by atoms with Crippen LogP contribution in [-0.4, -0.2) is 52.7 Å². The second-order valence-electron chi connectivity index (χ2n) is 7.32. The Morgan fingerprint density at radius 2 is 2.04 bits per heavy atom. The summed E-state index contributed by atoms with van der Waals surface area (Å²) in [5.74, 6) is -0.455. The normalized spacial score (nSPS) is 20.0. The Hall–Kier alpha value is -2.09. The Morgan fingerprint density at radius 1 is 1.37 bits per heavy atom. The Bertz CT molecular complexity index is 782. The van der Waals surface area contributed by atoms with Gasteiger partial charge < -0.3 is 19.9 Å². The number of hydrogen-bond donors (Lipinski definition) is 2. The van der Waals surface area contributed by atoms with Crippen molar-refractivity contribution in [3.63, 3.8) is 0 Å². The van der Waals surface area contributed by atoms with E-state index in [1.165, 1.54) is 4.90 Å². The van der Waals surface area contributed by atoms with Crippen LogP contribution in [0.3, 0.4) is 0 Å². The van der Waals surface area contributed by atoms with Crippen molar-refractivity contribution in [2.24, 2.45) is 5.11 Å². The quantitative estimate of drug-likeness (QED) is 0.438. The summed E-state index contributed by atoms with van der Waals surface area (Å²) in [6, 6.07) is -1.09. The smallest absolute Gasteiger partial charge is 0.410 e. The van der Waals surface area contributed by atoms with Gasteiger partial charge in [0.25, 0.3) is 5.91 Å². The van der Waals surface area contributed by atoms with Crippen molar-refractivity contribution in [3.8, 4) is 0 Å². The van der Waals surface area contributed by atoms with Gasteiger partial charge in [-0.3, -0.25) is 4.79 Å². The number of carbonyl (C=O) groups excluding carboxylic acids is 2. The molecule has 1 aromatic heterocycles. The number of likely N-dealkylation sites (tertiary alicyclic amines) is 1. The second-order valence-corrected chi connectivity index (χ2v) is 8.08. The minimum absolute atomic E-state index is 0.137. The van der Waals surface area contributed by atoms with Gasteiger partial charge in [-0.2, -0.15) is 0 Å². The maximum atomic E-state index is 12.5. The molecular weight excluding hydrogens is 395 g/mol. The molecule has 2 N–H and O–H groups in total. The number of nitrogens with zero attached hydrogens (tertiary/aromatic N) is 4. The first-order valence-corrected chi connectivity index (χ1v) is 9.15. The lowest BCUT2D eigenvalue weighted by Gasteiger charge is -2.37. The Balaban J connectivity index is 2.09. The van der Waals surface area contributed by atoms with Crippen LogP contribution in [0.5, 0.6) is 0 Å².